The number of esters is 1. The molecule has 0 atom stereocenters. The predicted octanol–water partition coefficient (Wildman–Crippen LogP) is 3.68. The standard InChI is InChI=1S/C19H17ClN2O3/c1-13-17(18(20)22(21-13)16-5-3-2-4-6-16)12-25-19(24)15-9-7-14(11-23)8-10-15/h2-10,23H,11-12H2,1H3. The number of para-hydroxylation sites is 1. The lowest BCUT2D eigenvalue weighted by Gasteiger charge is -2.06. The molecule has 0 spiro atoms. The zero-order valence-corrected chi connectivity index (χ0v) is 14.4. The summed E-state index contributed by atoms with van der Waals surface area (Å²) in [6.45, 7) is 1.80. The maximum atomic E-state index is 12.2. The van der Waals surface area contributed by atoms with E-state index in [9.17, 15) is 4.79 Å². The highest BCUT2D eigenvalue weighted by Crippen LogP contribution is 2.24. The monoisotopic (exact) mass is 356 g/mol. The second kappa shape index (κ2) is 7.51. The number of aliphatic hydroxyl groups is 1. The third-order valence-electron chi connectivity index (χ3n) is 3.84. The van der Waals surface area contributed by atoms with Crippen LogP contribution < -0.4 is 0 Å². The summed E-state index contributed by atoms with van der Waals surface area (Å²) < 4.78 is 6.98. The van der Waals surface area contributed by atoms with Gasteiger partial charge in [0.25, 0.3) is 0 Å². The molecule has 0 saturated heterocycles. The van der Waals surface area contributed by atoms with Crippen molar-refractivity contribution in [3.63, 3.8) is 0 Å². The molecule has 0 aliphatic heterocycles. The quantitative estimate of drug-likeness (QED) is 0.708. The van der Waals surface area contributed by atoms with E-state index in [-0.39, 0.29) is 13.2 Å². The second-order valence-corrected chi connectivity index (χ2v) is 5.89. The smallest absolute Gasteiger partial charge is 0.338 e. The largest absolute Gasteiger partial charge is 0.457 e. The maximum Gasteiger partial charge on any atom is 0.338 e. The van der Waals surface area contributed by atoms with Gasteiger partial charge in [-0.1, -0.05) is 41.9 Å². The lowest BCUT2D eigenvalue weighted by Crippen LogP contribution is -2.06. The molecule has 0 unspecified atom stereocenters. The van der Waals surface area contributed by atoms with Gasteiger partial charge < -0.3 is 9.84 Å². The average molecular weight is 357 g/mol. The fourth-order valence-electron chi connectivity index (χ4n) is 2.40. The first-order valence-corrected chi connectivity index (χ1v) is 8.14. The van der Waals surface area contributed by atoms with Crippen molar-refractivity contribution in [2.75, 3.05) is 0 Å². The van der Waals surface area contributed by atoms with Crippen LogP contribution in [0.1, 0.15) is 27.2 Å². The molecule has 5 nitrogen and oxygen atoms in total. The normalized spacial score (nSPS) is 10.7. The lowest BCUT2D eigenvalue weighted by atomic mass is 10.1. The molecule has 1 N–H and O–H groups in total. The Balaban J connectivity index is 1.75. The molecule has 0 amide bonds. The molecule has 3 aromatic rings. The topological polar surface area (TPSA) is 64.4 Å². The van der Waals surface area contributed by atoms with E-state index in [1.807, 2.05) is 37.3 Å². The van der Waals surface area contributed by atoms with Crippen molar-refractivity contribution in [2.24, 2.45) is 0 Å². The Morgan fingerprint density at radius 2 is 1.84 bits per heavy atom. The minimum atomic E-state index is -0.451. The summed E-state index contributed by atoms with van der Waals surface area (Å²) in [4.78, 5) is 12.2. The summed E-state index contributed by atoms with van der Waals surface area (Å²) in [7, 11) is 0. The summed E-state index contributed by atoms with van der Waals surface area (Å²) in [5.74, 6) is -0.451. The molecule has 3 rings (SSSR count). The van der Waals surface area contributed by atoms with Gasteiger partial charge in [-0.3, -0.25) is 0 Å². The zero-order chi connectivity index (χ0) is 17.8. The van der Waals surface area contributed by atoms with Crippen LogP contribution in [0.4, 0.5) is 0 Å². The molecule has 0 aliphatic carbocycles. The second-order valence-electron chi connectivity index (χ2n) is 5.53. The summed E-state index contributed by atoms with van der Waals surface area (Å²) in [6, 6.07) is 16.1. The lowest BCUT2D eigenvalue weighted by molar-refractivity contribution is 0.0472. The van der Waals surface area contributed by atoms with E-state index in [1.165, 1.54) is 0 Å². The number of aromatic nitrogens is 2. The van der Waals surface area contributed by atoms with Crippen molar-refractivity contribution in [3.8, 4) is 5.69 Å². The predicted molar refractivity (Wildman–Crippen MR) is 94.8 cm³/mol. The Labute approximate surface area is 150 Å². The number of benzene rings is 2. The van der Waals surface area contributed by atoms with E-state index in [0.717, 1.165) is 11.3 Å². The third-order valence-corrected chi connectivity index (χ3v) is 4.23. The Morgan fingerprint density at radius 3 is 2.48 bits per heavy atom. The number of aliphatic hydroxyl groups excluding tert-OH is 1. The molecule has 6 heteroatoms. The first-order chi connectivity index (χ1) is 12.1. The fraction of sp³-hybridized carbons (Fsp3) is 0.158. The van der Waals surface area contributed by atoms with E-state index in [1.54, 1.807) is 28.9 Å². The molecule has 0 saturated carbocycles. The van der Waals surface area contributed by atoms with Crippen LogP contribution in [0.15, 0.2) is 54.6 Å². The molecule has 25 heavy (non-hydrogen) atoms. The first-order valence-electron chi connectivity index (χ1n) is 7.76. The molecule has 0 bridgehead atoms. The van der Waals surface area contributed by atoms with E-state index in [2.05, 4.69) is 5.10 Å². The highest BCUT2D eigenvalue weighted by atomic mass is 35.5. The minimum Gasteiger partial charge on any atom is -0.457 e. The number of rotatable bonds is 5. The summed E-state index contributed by atoms with van der Waals surface area (Å²) in [5, 5.41) is 13.9. The number of hydrogen-bond acceptors (Lipinski definition) is 4. The molecule has 0 fully saturated rings. The van der Waals surface area contributed by atoms with Crippen LogP contribution in [0.3, 0.4) is 0 Å². The number of carbonyl (C=O) groups excluding carboxylic acids is 1. The van der Waals surface area contributed by atoms with Crippen LogP contribution in [0.5, 0.6) is 0 Å². The molecule has 1 aromatic heterocycles. The van der Waals surface area contributed by atoms with Crippen molar-refractivity contribution < 1.29 is 14.6 Å². The Bertz CT molecular complexity index is 874. The van der Waals surface area contributed by atoms with Crippen molar-refractivity contribution in [2.45, 2.75) is 20.1 Å². The van der Waals surface area contributed by atoms with Gasteiger partial charge in [0.05, 0.1) is 23.6 Å². The number of aryl methyl sites for hydroxylation is 1. The average Bonchev–Trinajstić information content (AvgIpc) is 2.94. The van der Waals surface area contributed by atoms with Crippen molar-refractivity contribution in [1.82, 2.24) is 9.78 Å². The van der Waals surface area contributed by atoms with Crippen LogP contribution >= 0.6 is 11.6 Å². The van der Waals surface area contributed by atoms with Gasteiger partial charge >= 0.3 is 5.97 Å². The maximum absolute atomic E-state index is 12.2. The van der Waals surface area contributed by atoms with Gasteiger partial charge in [0, 0.05) is 5.56 Å². The highest BCUT2D eigenvalue weighted by molar-refractivity contribution is 6.30. The van der Waals surface area contributed by atoms with Gasteiger partial charge in [-0.2, -0.15) is 5.10 Å². The number of nitrogens with zero attached hydrogens (tertiary/aromatic N) is 2. The minimum absolute atomic E-state index is 0.0398. The van der Waals surface area contributed by atoms with Crippen molar-refractivity contribution in [1.29, 1.82) is 0 Å². The van der Waals surface area contributed by atoms with Gasteiger partial charge in [-0.15, -0.1) is 0 Å². The van der Waals surface area contributed by atoms with Crippen LogP contribution in [0, 0.1) is 6.92 Å². The van der Waals surface area contributed by atoms with Gasteiger partial charge in [-0.05, 0) is 36.8 Å². The van der Waals surface area contributed by atoms with Gasteiger partial charge in [-0.25, -0.2) is 9.48 Å². The SMILES string of the molecule is Cc1nn(-c2ccccc2)c(Cl)c1COC(=O)c1ccc(CO)cc1. The van der Waals surface area contributed by atoms with Gasteiger partial charge in [0.1, 0.15) is 11.8 Å². The summed E-state index contributed by atoms with van der Waals surface area (Å²) >= 11 is 6.41. The molecule has 128 valence electrons. The summed E-state index contributed by atoms with van der Waals surface area (Å²) in [6.07, 6.45) is 0. The highest BCUT2D eigenvalue weighted by Gasteiger charge is 2.17. The molecule has 1 heterocycles. The fourth-order valence-corrected chi connectivity index (χ4v) is 2.73. The molecule has 0 radical (unpaired) electrons. The molecule has 2 aromatic carbocycles. The number of halogens is 1. The first kappa shape index (κ1) is 17.2. The van der Waals surface area contributed by atoms with Gasteiger partial charge in [0.2, 0.25) is 0 Å². The molecule has 0 aliphatic rings. The third kappa shape index (κ3) is 3.73. The van der Waals surface area contributed by atoms with Crippen molar-refractivity contribution >= 4 is 17.6 Å². The number of carbonyl (C=O) groups is 1. The number of hydrogen-bond donors (Lipinski definition) is 1. The van der Waals surface area contributed by atoms with E-state index < -0.39 is 5.97 Å². The van der Waals surface area contributed by atoms with Crippen LogP contribution in [-0.2, 0) is 18.0 Å². The van der Waals surface area contributed by atoms with Crippen molar-refractivity contribution in [3.05, 3.63) is 82.1 Å². The van der Waals surface area contributed by atoms with Crippen LogP contribution in [0.2, 0.25) is 5.15 Å². The Morgan fingerprint density at radius 1 is 1.16 bits per heavy atom. The van der Waals surface area contributed by atoms with E-state index >= 15 is 0 Å². The van der Waals surface area contributed by atoms with Crippen LogP contribution in [-0.4, -0.2) is 20.9 Å². The Hall–Kier alpha value is -2.63. The van der Waals surface area contributed by atoms with Crippen LogP contribution in [0.25, 0.3) is 5.69 Å². The van der Waals surface area contributed by atoms with Gasteiger partial charge in [0.15, 0.2) is 0 Å². The molecular formula is C19H17ClN2O3. The van der Waals surface area contributed by atoms with E-state index in [4.69, 9.17) is 21.4 Å². The summed E-state index contributed by atoms with van der Waals surface area (Å²) in [5.41, 5.74) is 3.37. The van der Waals surface area contributed by atoms with E-state index in [0.29, 0.717) is 22.0 Å². The number of ether oxygens (including phenoxy) is 1. The Kier molecular flexibility index (Phi) is 5.16. The molecular weight excluding hydrogens is 340 g/mol. The zero-order valence-electron chi connectivity index (χ0n) is 13.6.